The molecule has 7 heteroatoms. The molecule has 1 heterocycles. The number of aromatic nitrogens is 1. The number of benzene rings is 1. The van der Waals surface area contributed by atoms with E-state index in [0.29, 0.717) is 22.3 Å². The highest BCUT2D eigenvalue weighted by molar-refractivity contribution is 7.13. The average molecular weight is 390 g/mol. The summed E-state index contributed by atoms with van der Waals surface area (Å²) in [5.41, 5.74) is 2.32. The first-order chi connectivity index (χ1) is 12.6. The van der Waals surface area contributed by atoms with Crippen LogP contribution in [0.1, 0.15) is 45.9 Å². The van der Waals surface area contributed by atoms with Crippen LogP contribution in [-0.4, -0.2) is 23.9 Å². The molecular weight excluding hydrogens is 362 g/mol. The molecule has 0 saturated carbocycles. The largest absolute Gasteiger partial charge is 0.495 e. The third kappa shape index (κ3) is 5.79. The molecule has 0 fully saturated rings. The number of thiazole rings is 1. The van der Waals surface area contributed by atoms with Gasteiger partial charge in [0.05, 0.1) is 24.9 Å². The van der Waals surface area contributed by atoms with E-state index in [-0.39, 0.29) is 29.6 Å². The van der Waals surface area contributed by atoms with Crippen molar-refractivity contribution in [3.63, 3.8) is 0 Å². The van der Waals surface area contributed by atoms with Gasteiger partial charge < -0.3 is 15.4 Å². The van der Waals surface area contributed by atoms with Gasteiger partial charge in [-0.3, -0.25) is 9.59 Å². The Morgan fingerprint density at radius 2 is 1.93 bits per heavy atom. The minimum absolute atomic E-state index is 0.0375. The van der Waals surface area contributed by atoms with Crippen LogP contribution in [0.2, 0.25) is 0 Å². The minimum atomic E-state index is -0.189. The van der Waals surface area contributed by atoms with Crippen molar-refractivity contribution in [1.82, 2.24) is 4.98 Å². The topological polar surface area (TPSA) is 80.3 Å². The lowest BCUT2D eigenvalue weighted by Gasteiger charge is -2.21. The van der Waals surface area contributed by atoms with Crippen molar-refractivity contribution in [3.05, 3.63) is 34.8 Å². The molecule has 2 amide bonds. The zero-order valence-electron chi connectivity index (χ0n) is 16.7. The number of methoxy groups -OCH3 is 1. The standard InChI is InChI=1S/C20H27N3O3S/c1-12(2)18(25)23-19-21-14(11-27-19)10-17(24)22-15-9-13(20(3,4)5)7-8-16(15)26-6/h7-9,11-12H,10H2,1-6H3,(H,22,24)(H,21,23,25). The second kappa shape index (κ2) is 8.52. The van der Waals surface area contributed by atoms with Crippen LogP contribution in [0, 0.1) is 5.92 Å². The van der Waals surface area contributed by atoms with Gasteiger partial charge in [-0.15, -0.1) is 11.3 Å². The predicted octanol–water partition coefficient (Wildman–Crippen LogP) is 4.22. The van der Waals surface area contributed by atoms with Crippen molar-refractivity contribution in [2.75, 3.05) is 17.7 Å². The van der Waals surface area contributed by atoms with E-state index >= 15 is 0 Å². The predicted molar refractivity (Wildman–Crippen MR) is 110 cm³/mol. The van der Waals surface area contributed by atoms with Gasteiger partial charge in [0.1, 0.15) is 5.75 Å². The second-order valence-corrected chi connectivity index (χ2v) is 8.54. The van der Waals surface area contributed by atoms with Crippen molar-refractivity contribution < 1.29 is 14.3 Å². The normalized spacial score (nSPS) is 11.4. The van der Waals surface area contributed by atoms with E-state index in [1.807, 2.05) is 32.0 Å². The van der Waals surface area contributed by atoms with Gasteiger partial charge in [-0.1, -0.05) is 40.7 Å². The number of anilines is 2. The quantitative estimate of drug-likeness (QED) is 0.775. The molecule has 2 N–H and O–H groups in total. The smallest absolute Gasteiger partial charge is 0.230 e. The number of nitrogens with zero attached hydrogens (tertiary/aromatic N) is 1. The van der Waals surface area contributed by atoms with Crippen molar-refractivity contribution in [2.45, 2.75) is 46.5 Å². The molecule has 0 aliphatic carbocycles. The fourth-order valence-corrected chi connectivity index (χ4v) is 3.04. The molecule has 6 nitrogen and oxygen atoms in total. The Morgan fingerprint density at radius 1 is 1.22 bits per heavy atom. The van der Waals surface area contributed by atoms with Crippen LogP contribution in [0.3, 0.4) is 0 Å². The van der Waals surface area contributed by atoms with Crippen LogP contribution in [-0.2, 0) is 21.4 Å². The Bertz CT molecular complexity index is 822. The summed E-state index contributed by atoms with van der Waals surface area (Å²) in [6.07, 6.45) is 0.122. The maximum atomic E-state index is 12.5. The molecule has 1 aromatic heterocycles. The number of nitrogens with one attached hydrogen (secondary N) is 2. The van der Waals surface area contributed by atoms with Gasteiger partial charge in [0.15, 0.2) is 5.13 Å². The number of hydrogen-bond donors (Lipinski definition) is 2. The molecule has 0 unspecified atom stereocenters. The lowest BCUT2D eigenvalue weighted by atomic mass is 9.87. The summed E-state index contributed by atoms with van der Waals surface area (Å²) in [6, 6.07) is 5.79. The summed E-state index contributed by atoms with van der Waals surface area (Å²) in [5.74, 6) is 0.207. The molecule has 0 atom stereocenters. The van der Waals surface area contributed by atoms with E-state index in [1.54, 1.807) is 12.5 Å². The monoisotopic (exact) mass is 389 g/mol. The van der Waals surface area contributed by atoms with Gasteiger partial charge >= 0.3 is 0 Å². The third-order valence-electron chi connectivity index (χ3n) is 3.99. The Morgan fingerprint density at radius 3 is 2.52 bits per heavy atom. The zero-order chi connectivity index (χ0) is 20.2. The van der Waals surface area contributed by atoms with E-state index in [0.717, 1.165) is 5.56 Å². The van der Waals surface area contributed by atoms with Crippen LogP contribution < -0.4 is 15.4 Å². The van der Waals surface area contributed by atoms with E-state index in [9.17, 15) is 9.59 Å². The van der Waals surface area contributed by atoms with E-state index in [1.165, 1.54) is 11.3 Å². The van der Waals surface area contributed by atoms with Crippen molar-refractivity contribution >= 4 is 34.0 Å². The lowest BCUT2D eigenvalue weighted by molar-refractivity contribution is -0.119. The van der Waals surface area contributed by atoms with Crippen LogP contribution >= 0.6 is 11.3 Å². The number of amides is 2. The fourth-order valence-electron chi connectivity index (χ4n) is 2.33. The Kier molecular flexibility index (Phi) is 6.59. The Labute approximate surface area is 164 Å². The first-order valence-corrected chi connectivity index (χ1v) is 9.71. The molecule has 146 valence electrons. The van der Waals surface area contributed by atoms with Crippen LogP contribution in [0.5, 0.6) is 5.75 Å². The summed E-state index contributed by atoms with van der Waals surface area (Å²) in [6.45, 7) is 9.97. The first kappa shape index (κ1) is 20.9. The molecule has 0 radical (unpaired) electrons. The van der Waals surface area contributed by atoms with Gasteiger partial charge in [0.2, 0.25) is 11.8 Å². The molecule has 0 aliphatic heterocycles. The molecule has 0 aliphatic rings. The van der Waals surface area contributed by atoms with Crippen LogP contribution in [0.15, 0.2) is 23.6 Å². The zero-order valence-corrected chi connectivity index (χ0v) is 17.5. The van der Waals surface area contributed by atoms with Crippen molar-refractivity contribution in [1.29, 1.82) is 0 Å². The van der Waals surface area contributed by atoms with E-state index in [4.69, 9.17) is 4.74 Å². The number of hydrogen-bond acceptors (Lipinski definition) is 5. The van der Waals surface area contributed by atoms with Crippen LogP contribution in [0.4, 0.5) is 10.8 Å². The highest BCUT2D eigenvalue weighted by Gasteiger charge is 2.18. The second-order valence-electron chi connectivity index (χ2n) is 7.68. The number of carbonyl (C=O) groups excluding carboxylic acids is 2. The third-order valence-corrected chi connectivity index (χ3v) is 4.79. The van der Waals surface area contributed by atoms with E-state index in [2.05, 4.69) is 36.4 Å². The van der Waals surface area contributed by atoms with Crippen molar-refractivity contribution in [2.24, 2.45) is 5.92 Å². The minimum Gasteiger partial charge on any atom is -0.495 e. The number of ether oxygens (including phenoxy) is 1. The molecule has 0 saturated heterocycles. The summed E-state index contributed by atoms with van der Waals surface area (Å²) in [4.78, 5) is 28.5. The van der Waals surface area contributed by atoms with Gasteiger partial charge in [0, 0.05) is 11.3 Å². The van der Waals surface area contributed by atoms with Crippen molar-refractivity contribution in [3.8, 4) is 5.75 Å². The summed E-state index contributed by atoms with van der Waals surface area (Å²) < 4.78 is 5.36. The molecular formula is C20H27N3O3S. The Hall–Kier alpha value is -2.41. The van der Waals surface area contributed by atoms with E-state index < -0.39 is 0 Å². The molecule has 2 aromatic rings. The maximum absolute atomic E-state index is 12.5. The van der Waals surface area contributed by atoms with Gasteiger partial charge in [-0.2, -0.15) is 0 Å². The summed E-state index contributed by atoms with van der Waals surface area (Å²) in [7, 11) is 1.58. The summed E-state index contributed by atoms with van der Waals surface area (Å²) in [5, 5.41) is 7.93. The van der Waals surface area contributed by atoms with Gasteiger partial charge in [-0.05, 0) is 23.1 Å². The molecule has 0 bridgehead atoms. The SMILES string of the molecule is COc1ccc(C(C)(C)C)cc1NC(=O)Cc1csc(NC(=O)C(C)C)n1. The highest BCUT2D eigenvalue weighted by atomic mass is 32.1. The molecule has 0 spiro atoms. The maximum Gasteiger partial charge on any atom is 0.230 e. The average Bonchev–Trinajstić information content (AvgIpc) is 3.00. The number of rotatable bonds is 6. The fraction of sp³-hybridized carbons (Fsp3) is 0.450. The first-order valence-electron chi connectivity index (χ1n) is 8.83. The number of carbonyl (C=O) groups is 2. The molecule has 1 aromatic carbocycles. The highest BCUT2D eigenvalue weighted by Crippen LogP contribution is 2.31. The summed E-state index contributed by atoms with van der Waals surface area (Å²) >= 11 is 1.31. The van der Waals surface area contributed by atoms with Gasteiger partial charge in [-0.25, -0.2) is 4.98 Å². The lowest BCUT2D eigenvalue weighted by Crippen LogP contribution is -2.18. The Balaban J connectivity index is 2.08. The molecule has 2 rings (SSSR count). The van der Waals surface area contributed by atoms with Crippen LogP contribution in [0.25, 0.3) is 0 Å². The molecule has 27 heavy (non-hydrogen) atoms. The van der Waals surface area contributed by atoms with Gasteiger partial charge in [0.25, 0.3) is 0 Å².